The van der Waals surface area contributed by atoms with E-state index in [4.69, 9.17) is 15.2 Å². The van der Waals surface area contributed by atoms with Gasteiger partial charge in [-0.2, -0.15) is 28.2 Å². The lowest BCUT2D eigenvalue weighted by Crippen LogP contribution is -2.29. The van der Waals surface area contributed by atoms with E-state index in [9.17, 15) is 18.0 Å². The van der Waals surface area contributed by atoms with Crippen LogP contribution in [0.1, 0.15) is 62.2 Å². The van der Waals surface area contributed by atoms with E-state index in [0.717, 1.165) is 17.7 Å². The van der Waals surface area contributed by atoms with Crippen molar-refractivity contribution in [2.45, 2.75) is 58.7 Å². The number of carbonyl (C=O) groups excluding carboxylic acids is 1. The fourth-order valence-electron chi connectivity index (χ4n) is 5.51. The second-order valence-corrected chi connectivity index (χ2v) is 10.4. The van der Waals surface area contributed by atoms with E-state index in [1.807, 2.05) is 11.6 Å². The molecule has 40 heavy (non-hydrogen) atoms. The molecular formula is C27H32F3N7O3. The summed E-state index contributed by atoms with van der Waals surface area (Å²) in [5.41, 5.74) is 8.83. The van der Waals surface area contributed by atoms with Gasteiger partial charge in [-0.1, -0.05) is 0 Å². The molecule has 2 aliphatic rings. The van der Waals surface area contributed by atoms with Crippen LogP contribution in [0.15, 0.2) is 12.1 Å². The Morgan fingerprint density at radius 3 is 2.62 bits per heavy atom. The van der Waals surface area contributed by atoms with Gasteiger partial charge in [0.05, 0.1) is 43.3 Å². The Morgan fingerprint density at radius 2 is 1.95 bits per heavy atom. The van der Waals surface area contributed by atoms with Crippen LogP contribution in [-0.4, -0.2) is 58.3 Å². The van der Waals surface area contributed by atoms with Crippen molar-refractivity contribution in [3.63, 3.8) is 0 Å². The Bertz CT molecular complexity index is 1470. The number of halogens is 3. The van der Waals surface area contributed by atoms with Crippen molar-refractivity contribution in [2.24, 2.45) is 0 Å². The molecule has 0 fully saturated rings. The minimum Gasteiger partial charge on any atom is -0.467 e. The number of nitrogen functional groups attached to an aromatic ring is 1. The number of rotatable bonds is 4. The van der Waals surface area contributed by atoms with Gasteiger partial charge in [-0.3, -0.25) is 9.48 Å². The standard InChI is InChI=1S/C27H32F3N7O3/c1-14-9-16(31)10-17(22(14)27(28,29)30)21-11-19-18(13-40-21)24(33-26(32-19)39-5)36-7-6-8-37-20(12-36)15(2)23(34-37)25(38)35(3)4/h9-10,21H,6-8,11-13,31H2,1-5H3. The van der Waals surface area contributed by atoms with Crippen molar-refractivity contribution in [1.82, 2.24) is 24.6 Å². The fourth-order valence-corrected chi connectivity index (χ4v) is 5.51. The molecule has 1 atom stereocenters. The highest BCUT2D eigenvalue weighted by Crippen LogP contribution is 2.43. The van der Waals surface area contributed by atoms with Crippen LogP contribution in [0, 0.1) is 13.8 Å². The van der Waals surface area contributed by atoms with Crippen LogP contribution < -0.4 is 15.4 Å². The van der Waals surface area contributed by atoms with Crippen molar-refractivity contribution >= 4 is 17.4 Å². The molecule has 1 unspecified atom stereocenters. The number of amides is 1. The summed E-state index contributed by atoms with van der Waals surface area (Å²) in [6, 6.07) is 2.76. The van der Waals surface area contributed by atoms with Crippen LogP contribution >= 0.6 is 0 Å². The average molecular weight is 560 g/mol. The van der Waals surface area contributed by atoms with Crippen LogP contribution in [0.5, 0.6) is 6.01 Å². The van der Waals surface area contributed by atoms with Crippen molar-refractivity contribution in [2.75, 3.05) is 38.4 Å². The number of hydrogen-bond acceptors (Lipinski definition) is 8. The molecule has 5 rings (SSSR count). The van der Waals surface area contributed by atoms with E-state index in [2.05, 4.69) is 20.0 Å². The molecule has 0 aliphatic carbocycles. The highest BCUT2D eigenvalue weighted by Gasteiger charge is 2.39. The zero-order valence-electron chi connectivity index (χ0n) is 23.1. The number of fused-ring (bicyclic) bond motifs is 2. The third-order valence-electron chi connectivity index (χ3n) is 7.43. The van der Waals surface area contributed by atoms with E-state index in [-0.39, 0.29) is 41.8 Å². The van der Waals surface area contributed by atoms with Gasteiger partial charge in [-0.25, -0.2) is 0 Å². The number of aryl methyl sites for hydroxylation is 2. The highest BCUT2D eigenvalue weighted by molar-refractivity contribution is 5.93. The van der Waals surface area contributed by atoms with E-state index >= 15 is 0 Å². The molecule has 0 saturated heterocycles. The van der Waals surface area contributed by atoms with Gasteiger partial charge in [0, 0.05) is 50.4 Å². The summed E-state index contributed by atoms with van der Waals surface area (Å²) in [5, 5.41) is 4.58. The molecular weight excluding hydrogens is 527 g/mol. The summed E-state index contributed by atoms with van der Waals surface area (Å²) in [7, 11) is 4.83. The minimum atomic E-state index is -4.56. The molecule has 1 amide bonds. The molecule has 0 bridgehead atoms. The van der Waals surface area contributed by atoms with Crippen molar-refractivity contribution < 1.29 is 27.4 Å². The van der Waals surface area contributed by atoms with Gasteiger partial charge in [0.25, 0.3) is 5.91 Å². The topological polar surface area (TPSA) is 112 Å². The van der Waals surface area contributed by atoms with Crippen molar-refractivity contribution in [1.29, 1.82) is 0 Å². The maximum absolute atomic E-state index is 14.0. The summed E-state index contributed by atoms with van der Waals surface area (Å²) in [6.45, 7) is 5.00. The Hall–Kier alpha value is -3.87. The summed E-state index contributed by atoms with van der Waals surface area (Å²) in [5.74, 6) is 0.426. The van der Waals surface area contributed by atoms with E-state index < -0.39 is 17.8 Å². The lowest BCUT2D eigenvalue weighted by atomic mass is 9.92. The van der Waals surface area contributed by atoms with Crippen LogP contribution in [-0.2, 0) is 37.0 Å². The van der Waals surface area contributed by atoms with Crippen molar-refractivity contribution in [3.8, 4) is 6.01 Å². The number of nitrogens with zero attached hydrogens (tertiary/aromatic N) is 6. The molecule has 3 aromatic rings. The number of nitrogens with two attached hydrogens (primary N) is 1. The molecule has 0 radical (unpaired) electrons. The summed E-state index contributed by atoms with van der Waals surface area (Å²) in [6.07, 6.45) is -4.62. The molecule has 13 heteroatoms. The van der Waals surface area contributed by atoms with Crippen LogP contribution in [0.2, 0.25) is 0 Å². The third-order valence-corrected chi connectivity index (χ3v) is 7.43. The van der Waals surface area contributed by atoms with E-state index in [1.54, 1.807) is 14.1 Å². The smallest absolute Gasteiger partial charge is 0.417 e. The van der Waals surface area contributed by atoms with Gasteiger partial charge in [0.2, 0.25) is 0 Å². The van der Waals surface area contributed by atoms with Gasteiger partial charge in [0.1, 0.15) is 5.82 Å². The van der Waals surface area contributed by atoms with E-state index in [1.165, 1.54) is 31.1 Å². The molecule has 0 saturated carbocycles. The van der Waals surface area contributed by atoms with Gasteiger partial charge in [0.15, 0.2) is 5.69 Å². The van der Waals surface area contributed by atoms with E-state index in [0.29, 0.717) is 42.4 Å². The number of benzene rings is 1. The molecule has 10 nitrogen and oxygen atoms in total. The number of anilines is 2. The average Bonchev–Trinajstić information content (AvgIpc) is 3.05. The van der Waals surface area contributed by atoms with Crippen LogP contribution in [0.3, 0.4) is 0 Å². The molecule has 2 aromatic heterocycles. The van der Waals surface area contributed by atoms with Crippen molar-refractivity contribution in [3.05, 3.63) is 57.0 Å². The highest BCUT2D eigenvalue weighted by atomic mass is 19.4. The minimum absolute atomic E-state index is 0.0119. The first-order valence-corrected chi connectivity index (χ1v) is 12.9. The lowest BCUT2D eigenvalue weighted by molar-refractivity contribution is -0.140. The number of ether oxygens (including phenoxy) is 2. The number of hydrogen-bond donors (Lipinski definition) is 1. The molecule has 214 valence electrons. The molecule has 1 aromatic carbocycles. The number of alkyl halides is 3. The Balaban J connectivity index is 1.52. The monoisotopic (exact) mass is 559 g/mol. The lowest BCUT2D eigenvalue weighted by Gasteiger charge is -2.31. The van der Waals surface area contributed by atoms with Gasteiger partial charge < -0.3 is 25.0 Å². The largest absolute Gasteiger partial charge is 0.467 e. The fraction of sp³-hybridized carbons (Fsp3) is 0.481. The summed E-state index contributed by atoms with van der Waals surface area (Å²) in [4.78, 5) is 25.4. The predicted octanol–water partition coefficient (Wildman–Crippen LogP) is 3.83. The second kappa shape index (κ2) is 10.3. The first-order valence-electron chi connectivity index (χ1n) is 12.9. The number of methoxy groups -OCH3 is 1. The van der Waals surface area contributed by atoms with Crippen LogP contribution in [0.25, 0.3) is 0 Å². The Morgan fingerprint density at radius 1 is 1.20 bits per heavy atom. The summed E-state index contributed by atoms with van der Waals surface area (Å²) >= 11 is 0. The maximum Gasteiger partial charge on any atom is 0.417 e. The Kier molecular flexibility index (Phi) is 7.11. The molecule has 0 spiro atoms. The van der Waals surface area contributed by atoms with Crippen LogP contribution in [0.4, 0.5) is 24.7 Å². The zero-order chi connectivity index (χ0) is 28.9. The number of carbonyl (C=O) groups is 1. The Labute approximate surface area is 229 Å². The predicted molar refractivity (Wildman–Crippen MR) is 141 cm³/mol. The molecule has 4 heterocycles. The van der Waals surface area contributed by atoms with Gasteiger partial charge in [-0.15, -0.1) is 0 Å². The normalized spacial score (nSPS) is 17.2. The number of aromatic nitrogens is 4. The van der Waals surface area contributed by atoms with Gasteiger partial charge in [-0.05, 0) is 43.5 Å². The second-order valence-electron chi connectivity index (χ2n) is 10.4. The first-order chi connectivity index (χ1) is 18.9. The molecule has 2 aliphatic heterocycles. The summed E-state index contributed by atoms with van der Waals surface area (Å²) < 4.78 is 55.4. The maximum atomic E-state index is 14.0. The molecule has 2 N–H and O–H groups in total. The van der Waals surface area contributed by atoms with Gasteiger partial charge >= 0.3 is 12.2 Å². The zero-order valence-corrected chi connectivity index (χ0v) is 23.1. The third kappa shape index (κ3) is 4.93. The SMILES string of the molecule is COc1nc2c(c(N3CCCn4nc(C(=O)N(C)C)c(C)c4C3)n1)COC(c1cc(N)cc(C)c1C(F)(F)F)C2. The first kappa shape index (κ1) is 27.7. The quantitative estimate of drug-likeness (QED) is 0.481.